The molecule has 1 unspecified atom stereocenters. The van der Waals surface area contributed by atoms with E-state index in [0.717, 1.165) is 11.3 Å². The van der Waals surface area contributed by atoms with E-state index in [9.17, 15) is 4.79 Å². The molecule has 0 aliphatic carbocycles. The maximum absolute atomic E-state index is 10.9. The van der Waals surface area contributed by atoms with Gasteiger partial charge in [-0.2, -0.15) is 0 Å². The topological polar surface area (TPSA) is 70.8 Å². The lowest BCUT2D eigenvalue weighted by Gasteiger charge is -2.07. The number of methoxy groups -OCH3 is 1. The third-order valence-electron chi connectivity index (χ3n) is 2.61. The first kappa shape index (κ1) is 11.7. The van der Waals surface area contributed by atoms with Crippen LogP contribution in [-0.4, -0.2) is 26.3 Å². The van der Waals surface area contributed by atoms with E-state index in [1.165, 1.54) is 7.11 Å². The quantitative estimate of drug-likeness (QED) is 0.792. The Morgan fingerprint density at radius 2 is 2.41 bits per heavy atom. The van der Waals surface area contributed by atoms with Gasteiger partial charge in [0.1, 0.15) is 18.1 Å². The molecule has 0 fully saturated rings. The summed E-state index contributed by atoms with van der Waals surface area (Å²) in [5.41, 5.74) is 6.82. The molecule has 1 aromatic carbocycles. The third-order valence-corrected chi connectivity index (χ3v) is 2.61. The maximum atomic E-state index is 10.9. The van der Waals surface area contributed by atoms with Gasteiger partial charge in [0.2, 0.25) is 0 Å². The summed E-state index contributed by atoms with van der Waals surface area (Å²) in [5.74, 6) is 1.14. The van der Waals surface area contributed by atoms with Gasteiger partial charge in [0.05, 0.1) is 26.2 Å². The Labute approximate surface area is 99.5 Å². The highest BCUT2D eigenvalue weighted by Gasteiger charge is 2.20. The highest BCUT2D eigenvalue weighted by atomic mass is 16.5. The summed E-state index contributed by atoms with van der Waals surface area (Å²) in [7, 11) is 1.35. The van der Waals surface area contributed by atoms with Crippen LogP contribution in [0.5, 0.6) is 11.5 Å². The second-order valence-electron chi connectivity index (χ2n) is 3.79. The minimum Gasteiger partial charge on any atom is -0.493 e. The number of ether oxygens (including phenoxy) is 3. The van der Waals surface area contributed by atoms with Crippen molar-refractivity contribution in [1.82, 2.24) is 0 Å². The van der Waals surface area contributed by atoms with Gasteiger partial charge in [-0.25, -0.2) is 0 Å². The van der Waals surface area contributed by atoms with Crippen molar-refractivity contribution in [3.05, 3.63) is 23.8 Å². The summed E-state index contributed by atoms with van der Waals surface area (Å²) in [6.07, 6.45) is 0.230. The average Bonchev–Trinajstić information content (AvgIpc) is 2.70. The van der Waals surface area contributed by atoms with Crippen LogP contribution in [0.3, 0.4) is 0 Å². The molecule has 0 amide bonds. The molecule has 0 saturated heterocycles. The molecule has 1 aromatic rings. The average molecular weight is 237 g/mol. The zero-order chi connectivity index (χ0) is 12.3. The van der Waals surface area contributed by atoms with Crippen LogP contribution in [-0.2, 0) is 9.53 Å². The number of nitrogens with two attached hydrogens (primary N) is 1. The van der Waals surface area contributed by atoms with Crippen molar-refractivity contribution < 1.29 is 19.0 Å². The Morgan fingerprint density at radius 3 is 3.18 bits per heavy atom. The maximum Gasteiger partial charge on any atom is 0.308 e. The van der Waals surface area contributed by atoms with Crippen molar-refractivity contribution in [2.24, 2.45) is 5.73 Å². The van der Waals surface area contributed by atoms with E-state index >= 15 is 0 Å². The Morgan fingerprint density at radius 1 is 1.59 bits per heavy atom. The first-order chi connectivity index (χ1) is 8.20. The number of benzene rings is 1. The van der Waals surface area contributed by atoms with Crippen LogP contribution in [0.1, 0.15) is 18.0 Å². The zero-order valence-corrected chi connectivity index (χ0v) is 9.64. The lowest BCUT2D eigenvalue weighted by atomic mass is 10.1. The van der Waals surface area contributed by atoms with Gasteiger partial charge in [-0.3, -0.25) is 4.79 Å². The minimum absolute atomic E-state index is 0.0610. The molecule has 2 rings (SSSR count). The highest BCUT2D eigenvalue weighted by molar-refractivity contribution is 5.69. The van der Waals surface area contributed by atoms with Gasteiger partial charge in [0.25, 0.3) is 0 Å². The van der Waals surface area contributed by atoms with E-state index in [1.807, 2.05) is 12.1 Å². The minimum atomic E-state index is -0.288. The van der Waals surface area contributed by atoms with Crippen molar-refractivity contribution in [2.45, 2.75) is 12.5 Å². The Bertz CT molecular complexity index is 419. The largest absolute Gasteiger partial charge is 0.493 e. The van der Waals surface area contributed by atoms with Crippen molar-refractivity contribution in [3.8, 4) is 11.5 Å². The first-order valence-electron chi connectivity index (χ1n) is 5.42. The molecule has 5 heteroatoms. The van der Waals surface area contributed by atoms with Crippen molar-refractivity contribution in [1.29, 1.82) is 0 Å². The van der Waals surface area contributed by atoms with Crippen LogP contribution in [0.25, 0.3) is 0 Å². The number of carbonyl (C=O) groups excluding carboxylic acids is 1. The van der Waals surface area contributed by atoms with E-state index in [1.54, 1.807) is 6.07 Å². The van der Waals surface area contributed by atoms with E-state index in [2.05, 4.69) is 4.74 Å². The molecule has 0 saturated carbocycles. The second kappa shape index (κ2) is 5.05. The number of rotatable bonds is 4. The van der Waals surface area contributed by atoms with Gasteiger partial charge in [0.15, 0.2) is 0 Å². The zero-order valence-electron chi connectivity index (χ0n) is 9.64. The molecule has 5 nitrogen and oxygen atoms in total. The standard InChI is InChI=1S/C12H15NO4/c1-15-12(14)4-5-16-8-2-3-9-10(13)7-17-11(9)6-8/h2-3,6,10H,4-5,7,13H2,1H3. The molecule has 1 atom stereocenters. The fourth-order valence-electron chi connectivity index (χ4n) is 1.66. The van der Waals surface area contributed by atoms with Gasteiger partial charge >= 0.3 is 5.97 Å². The van der Waals surface area contributed by atoms with Crippen molar-refractivity contribution in [2.75, 3.05) is 20.3 Å². The summed E-state index contributed by atoms with van der Waals surface area (Å²) < 4.78 is 15.3. The lowest BCUT2D eigenvalue weighted by molar-refractivity contribution is -0.141. The Kier molecular flexibility index (Phi) is 3.49. The van der Waals surface area contributed by atoms with Crippen LogP contribution in [0.4, 0.5) is 0 Å². The number of hydrogen-bond donors (Lipinski definition) is 1. The highest BCUT2D eigenvalue weighted by Crippen LogP contribution is 2.33. The Balaban J connectivity index is 1.92. The van der Waals surface area contributed by atoms with Crippen molar-refractivity contribution in [3.63, 3.8) is 0 Å². The Hall–Kier alpha value is -1.75. The lowest BCUT2D eigenvalue weighted by Crippen LogP contribution is -2.10. The molecule has 2 N–H and O–H groups in total. The van der Waals surface area contributed by atoms with E-state index in [-0.39, 0.29) is 25.0 Å². The van der Waals surface area contributed by atoms with E-state index in [0.29, 0.717) is 12.4 Å². The molecule has 0 aromatic heterocycles. The number of esters is 1. The fourth-order valence-corrected chi connectivity index (χ4v) is 1.66. The molecule has 1 heterocycles. The van der Waals surface area contributed by atoms with Gasteiger partial charge in [-0.05, 0) is 12.1 Å². The predicted molar refractivity (Wildman–Crippen MR) is 61.0 cm³/mol. The van der Waals surface area contributed by atoms with Crippen LogP contribution >= 0.6 is 0 Å². The van der Waals surface area contributed by atoms with Gasteiger partial charge in [0, 0.05) is 11.6 Å². The normalized spacial score (nSPS) is 17.2. The summed E-state index contributed by atoms with van der Waals surface area (Å²) in [6.45, 7) is 0.790. The van der Waals surface area contributed by atoms with Crippen LogP contribution in [0.2, 0.25) is 0 Å². The van der Waals surface area contributed by atoms with Crippen LogP contribution in [0, 0.1) is 0 Å². The molecular formula is C12H15NO4. The monoisotopic (exact) mass is 237 g/mol. The second-order valence-corrected chi connectivity index (χ2v) is 3.79. The SMILES string of the molecule is COC(=O)CCOc1ccc2c(c1)OCC2N. The predicted octanol–water partition coefficient (Wildman–Crippen LogP) is 1.02. The van der Waals surface area contributed by atoms with Gasteiger partial charge in [-0.1, -0.05) is 0 Å². The number of fused-ring (bicyclic) bond motifs is 1. The molecule has 0 bridgehead atoms. The van der Waals surface area contributed by atoms with Gasteiger partial charge in [-0.15, -0.1) is 0 Å². The van der Waals surface area contributed by atoms with Crippen LogP contribution < -0.4 is 15.2 Å². The molecular weight excluding hydrogens is 222 g/mol. The number of carbonyl (C=O) groups is 1. The third kappa shape index (κ3) is 2.68. The van der Waals surface area contributed by atoms with Crippen LogP contribution in [0.15, 0.2) is 18.2 Å². The summed E-state index contributed by atoms with van der Waals surface area (Å²) in [4.78, 5) is 10.9. The molecule has 0 radical (unpaired) electrons. The molecule has 92 valence electrons. The van der Waals surface area contributed by atoms with E-state index < -0.39 is 0 Å². The van der Waals surface area contributed by atoms with Gasteiger partial charge < -0.3 is 19.9 Å². The molecule has 1 aliphatic rings. The molecule has 0 spiro atoms. The van der Waals surface area contributed by atoms with E-state index in [4.69, 9.17) is 15.2 Å². The fraction of sp³-hybridized carbons (Fsp3) is 0.417. The van der Waals surface area contributed by atoms with Crippen molar-refractivity contribution >= 4 is 5.97 Å². The summed E-state index contributed by atoms with van der Waals surface area (Å²) in [6, 6.07) is 5.44. The molecule has 17 heavy (non-hydrogen) atoms. The number of hydrogen-bond acceptors (Lipinski definition) is 5. The summed E-state index contributed by atoms with van der Waals surface area (Å²) >= 11 is 0. The first-order valence-corrected chi connectivity index (χ1v) is 5.42. The molecule has 1 aliphatic heterocycles. The summed E-state index contributed by atoms with van der Waals surface area (Å²) in [5, 5.41) is 0. The smallest absolute Gasteiger partial charge is 0.308 e.